The molecule has 0 aliphatic carbocycles. The van der Waals surface area contributed by atoms with Crippen molar-refractivity contribution < 1.29 is 4.39 Å². The molecule has 5 heteroatoms. The Morgan fingerprint density at radius 2 is 2.10 bits per heavy atom. The molecule has 0 radical (unpaired) electrons. The fourth-order valence-corrected chi connectivity index (χ4v) is 3.27. The standard InChI is InChI=1S/C16H20ClFN2S/c1-5-19-14(10-6-7-11(17)12(18)8-10)15-20-13(9-21-15)16(2,3)4/h6-9,14,19H,5H2,1-4H3. The molecule has 0 aliphatic heterocycles. The van der Waals surface area contributed by atoms with E-state index in [0.717, 1.165) is 22.8 Å². The average Bonchev–Trinajstić information content (AvgIpc) is 2.89. The monoisotopic (exact) mass is 326 g/mol. The molecule has 2 aromatic rings. The van der Waals surface area contributed by atoms with Gasteiger partial charge in [-0.1, -0.05) is 45.4 Å². The van der Waals surface area contributed by atoms with Gasteiger partial charge in [-0.3, -0.25) is 0 Å². The van der Waals surface area contributed by atoms with Crippen LogP contribution in [0.25, 0.3) is 0 Å². The van der Waals surface area contributed by atoms with Crippen molar-refractivity contribution in [3.63, 3.8) is 0 Å². The quantitative estimate of drug-likeness (QED) is 0.861. The summed E-state index contributed by atoms with van der Waals surface area (Å²) in [6, 6.07) is 4.81. The smallest absolute Gasteiger partial charge is 0.142 e. The van der Waals surface area contributed by atoms with Crippen LogP contribution in [0.15, 0.2) is 23.6 Å². The maximum atomic E-state index is 13.7. The second-order valence-corrected chi connectivity index (χ2v) is 7.28. The van der Waals surface area contributed by atoms with Gasteiger partial charge in [-0.05, 0) is 24.2 Å². The van der Waals surface area contributed by atoms with Gasteiger partial charge in [0.05, 0.1) is 16.8 Å². The molecule has 0 saturated heterocycles. The molecule has 21 heavy (non-hydrogen) atoms. The number of hydrogen-bond donors (Lipinski definition) is 1. The Hall–Kier alpha value is -0.970. The summed E-state index contributed by atoms with van der Waals surface area (Å²) in [6.45, 7) is 9.21. The fourth-order valence-electron chi connectivity index (χ4n) is 2.01. The van der Waals surface area contributed by atoms with Crippen molar-refractivity contribution in [2.24, 2.45) is 0 Å². The summed E-state index contributed by atoms with van der Waals surface area (Å²) in [5.74, 6) is -0.398. The minimum Gasteiger partial charge on any atom is -0.305 e. The second-order valence-electron chi connectivity index (χ2n) is 5.99. The Morgan fingerprint density at radius 1 is 1.38 bits per heavy atom. The summed E-state index contributed by atoms with van der Waals surface area (Å²) in [6.07, 6.45) is 0. The molecule has 1 heterocycles. The zero-order chi connectivity index (χ0) is 15.6. The summed E-state index contributed by atoms with van der Waals surface area (Å²) >= 11 is 7.36. The minimum absolute atomic E-state index is 0.0107. The SMILES string of the molecule is CCNC(c1ccc(Cl)c(F)c1)c1nc(C(C)(C)C)cs1. The van der Waals surface area contributed by atoms with Crippen LogP contribution in [0.5, 0.6) is 0 Å². The first-order valence-electron chi connectivity index (χ1n) is 6.97. The molecule has 2 rings (SSSR count). The molecule has 1 atom stereocenters. The predicted molar refractivity (Wildman–Crippen MR) is 87.7 cm³/mol. The molecule has 1 unspecified atom stereocenters. The van der Waals surface area contributed by atoms with Crippen molar-refractivity contribution >= 4 is 22.9 Å². The number of rotatable bonds is 4. The van der Waals surface area contributed by atoms with Gasteiger partial charge in [-0.25, -0.2) is 9.37 Å². The zero-order valence-corrected chi connectivity index (χ0v) is 14.3. The van der Waals surface area contributed by atoms with Crippen molar-refractivity contribution in [3.8, 4) is 0 Å². The van der Waals surface area contributed by atoms with E-state index in [1.807, 2.05) is 13.0 Å². The van der Waals surface area contributed by atoms with Gasteiger partial charge in [-0.15, -0.1) is 11.3 Å². The maximum absolute atomic E-state index is 13.7. The van der Waals surface area contributed by atoms with Crippen LogP contribution < -0.4 is 5.32 Å². The minimum atomic E-state index is -0.398. The molecule has 1 N–H and O–H groups in total. The summed E-state index contributed by atoms with van der Waals surface area (Å²) in [5, 5.41) is 6.53. The van der Waals surface area contributed by atoms with Crippen LogP contribution in [-0.2, 0) is 5.41 Å². The molecule has 0 amide bonds. The van der Waals surface area contributed by atoms with Crippen molar-refractivity contribution in [3.05, 3.63) is 50.7 Å². The first-order chi connectivity index (χ1) is 9.82. The summed E-state index contributed by atoms with van der Waals surface area (Å²) in [5.41, 5.74) is 1.91. The number of aromatic nitrogens is 1. The van der Waals surface area contributed by atoms with Gasteiger partial charge in [0.1, 0.15) is 10.8 Å². The molecular weight excluding hydrogens is 307 g/mol. The molecular formula is C16H20ClFN2S. The zero-order valence-electron chi connectivity index (χ0n) is 12.7. The van der Waals surface area contributed by atoms with Crippen LogP contribution in [-0.4, -0.2) is 11.5 Å². The number of hydrogen-bond acceptors (Lipinski definition) is 3. The van der Waals surface area contributed by atoms with E-state index >= 15 is 0 Å². The number of nitrogens with one attached hydrogen (secondary N) is 1. The van der Waals surface area contributed by atoms with E-state index in [1.165, 1.54) is 6.07 Å². The van der Waals surface area contributed by atoms with E-state index in [-0.39, 0.29) is 16.5 Å². The molecule has 0 bridgehead atoms. The van der Waals surface area contributed by atoms with Gasteiger partial charge in [0, 0.05) is 10.8 Å². The maximum Gasteiger partial charge on any atom is 0.142 e. The molecule has 114 valence electrons. The van der Waals surface area contributed by atoms with Crippen LogP contribution >= 0.6 is 22.9 Å². The van der Waals surface area contributed by atoms with Crippen LogP contribution in [0.3, 0.4) is 0 Å². The molecule has 0 fully saturated rings. The van der Waals surface area contributed by atoms with Crippen LogP contribution in [0.4, 0.5) is 4.39 Å². The van der Waals surface area contributed by atoms with E-state index in [2.05, 4.69) is 31.5 Å². The third-order valence-electron chi connectivity index (χ3n) is 3.22. The van der Waals surface area contributed by atoms with Crippen LogP contribution in [0, 0.1) is 5.82 Å². The van der Waals surface area contributed by atoms with Crippen molar-refractivity contribution in [1.29, 1.82) is 0 Å². The number of nitrogens with zero attached hydrogens (tertiary/aromatic N) is 1. The topological polar surface area (TPSA) is 24.9 Å². The number of benzene rings is 1. The van der Waals surface area contributed by atoms with Gasteiger partial charge in [-0.2, -0.15) is 0 Å². The Labute approximate surface area is 134 Å². The van der Waals surface area contributed by atoms with E-state index in [9.17, 15) is 4.39 Å². The molecule has 1 aromatic heterocycles. The largest absolute Gasteiger partial charge is 0.305 e. The van der Waals surface area contributed by atoms with Gasteiger partial charge in [0.2, 0.25) is 0 Å². The van der Waals surface area contributed by atoms with Crippen LogP contribution in [0.2, 0.25) is 5.02 Å². The van der Waals surface area contributed by atoms with Gasteiger partial charge in [0.25, 0.3) is 0 Å². The van der Waals surface area contributed by atoms with E-state index < -0.39 is 5.82 Å². The van der Waals surface area contributed by atoms with Gasteiger partial charge >= 0.3 is 0 Å². The lowest BCUT2D eigenvalue weighted by atomic mass is 9.93. The van der Waals surface area contributed by atoms with Crippen molar-refractivity contribution in [2.75, 3.05) is 6.54 Å². The summed E-state index contributed by atoms with van der Waals surface area (Å²) in [4.78, 5) is 4.73. The third kappa shape index (κ3) is 3.82. The Balaban J connectivity index is 2.38. The number of halogens is 2. The third-order valence-corrected chi connectivity index (χ3v) is 4.44. The highest BCUT2D eigenvalue weighted by atomic mass is 35.5. The van der Waals surface area contributed by atoms with Gasteiger partial charge in [0.15, 0.2) is 0 Å². The fraction of sp³-hybridized carbons (Fsp3) is 0.438. The summed E-state index contributed by atoms with van der Waals surface area (Å²) in [7, 11) is 0. The predicted octanol–water partition coefficient (Wildman–Crippen LogP) is 4.93. The first kappa shape index (κ1) is 16.4. The molecule has 2 nitrogen and oxygen atoms in total. The molecule has 0 saturated carbocycles. The number of thiazole rings is 1. The molecule has 0 aliphatic rings. The highest BCUT2D eigenvalue weighted by molar-refractivity contribution is 7.09. The molecule has 0 spiro atoms. The second kappa shape index (κ2) is 6.42. The lowest BCUT2D eigenvalue weighted by molar-refractivity contribution is 0.560. The van der Waals surface area contributed by atoms with E-state index in [4.69, 9.17) is 16.6 Å². The Morgan fingerprint density at radius 3 is 2.62 bits per heavy atom. The summed E-state index contributed by atoms with van der Waals surface area (Å²) < 4.78 is 13.7. The average molecular weight is 327 g/mol. The Kier molecular flexibility index (Phi) is 5.02. The van der Waals surface area contributed by atoms with Gasteiger partial charge < -0.3 is 5.32 Å². The van der Waals surface area contributed by atoms with Crippen molar-refractivity contribution in [1.82, 2.24) is 10.3 Å². The lowest BCUT2D eigenvalue weighted by Gasteiger charge is -2.18. The normalized spacial score (nSPS) is 13.4. The first-order valence-corrected chi connectivity index (χ1v) is 8.23. The van der Waals surface area contributed by atoms with E-state index in [1.54, 1.807) is 17.4 Å². The highest BCUT2D eigenvalue weighted by Gasteiger charge is 2.22. The van der Waals surface area contributed by atoms with Crippen molar-refractivity contribution in [2.45, 2.75) is 39.2 Å². The van der Waals surface area contributed by atoms with E-state index in [0.29, 0.717) is 0 Å². The van der Waals surface area contributed by atoms with Crippen LogP contribution in [0.1, 0.15) is 50.0 Å². The lowest BCUT2D eigenvalue weighted by Crippen LogP contribution is -2.22. The highest BCUT2D eigenvalue weighted by Crippen LogP contribution is 2.31. The Bertz CT molecular complexity index is 619. The molecule has 1 aromatic carbocycles.